The fourth-order valence-electron chi connectivity index (χ4n) is 3.10. The number of carbonyl (C=O) groups is 2. The van der Waals surface area contributed by atoms with Crippen molar-refractivity contribution < 1.29 is 19.1 Å². The number of carbonyl (C=O) groups excluding carboxylic acids is 2. The lowest BCUT2D eigenvalue weighted by Crippen LogP contribution is -2.48. The molecule has 0 saturated carbocycles. The topological polar surface area (TPSA) is 67.9 Å². The maximum absolute atomic E-state index is 12.8. The van der Waals surface area contributed by atoms with Gasteiger partial charge in [-0.15, -0.1) is 0 Å². The molecule has 1 atom stereocenters. The molecule has 3 rings (SSSR count). The van der Waals surface area contributed by atoms with Crippen LogP contribution in [0.4, 0.5) is 4.79 Å². The number of rotatable bonds is 6. The zero-order chi connectivity index (χ0) is 21.0. The summed E-state index contributed by atoms with van der Waals surface area (Å²) in [4.78, 5) is 26.8. The molecule has 2 aromatic rings. The zero-order valence-corrected chi connectivity index (χ0v) is 17.3. The Morgan fingerprint density at radius 3 is 2.59 bits per heavy atom. The van der Waals surface area contributed by atoms with Crippen molar-refractivity contribution in [3.05, 3.63) is 76.0 Å². The molecule has 29 heavy (non-hydrogen) atoms. The van der Waals surface area contributed by atoms with Crippen LogP contribution in [0.2, 0.25) is 5.02 Å². The Labute approximate surface area is 175 Å². The van der Waals surface area contributed by atoms with E-state index < -0.39 is 12.0 Å². The molecule has 0 aliphatic carbocycles. The molecule has 1 aliphatic rings. The van der Waals surface area contributed by atoms with E-state index in [-0.39, 0.29) is 19.2 Å². The lowest BCUT2D eigenvalue weighted by atomic mass is 9.95. The standard InChI is InChI=1S/C22H23ClN2O4/c1-4-28-21(26)19-18(13-29-17-10-8-14(2)9-11-17)25(3)22(27)24-20(19)15-6-5-7-16(23)12-15/h5-12,20H,4,13H2,1-3H3,(H,24,27)/t20-/m1/s1. The summed E-state index contributed by atoms with van der Waals surface area (Å²) in [7, 11) is 1.59. The van der Waals surface area contributed by atoms with Crippen LogP contribution in [0.3, 0.4) is 0 Å². The molecule has 0 radical (unpaired) electrons. The third-order valence-electron chi connectivity index (χ3n) is 4.65. The van der Waals surface area contributed by atoms with Gasteiger partial charge in [0, 0.05) is 12.1 Å². The molecule has 0 saturated heterocycles. The third-order valence-corrected chi connectivity index (χ3v) is 4.89. The van der Waals surface area contributed by atoms with Gasteiger partial charge in [-0.3, -0.25) is 4.90 Å². The first-order chi connectivity index (χ1) is 13.9. The largest absolute Gasteiger partial charge is 0.487 e. The maximum Gasteiger partial charge on any atom is 0.338 e. The van der Waals surface area contributed by atoms with Crippen LogP contribution in [-0.4, -0.2) is 37.2 Å². The molecule has 7 heteroatoms. The van der Waals surface area contributed by atoms with Crippen LogP contribution in [0.25, 0.3) is 0 Å². The number of nitrogens with one attached hydrogen (secondary N) is 1. The highest BCUT2D eigenvalue weighted by molar-refractivity contribution is 6.30. The average molecular weight is 415 g/mol. The minimum atomic E-state index is -0.687. The quantitative estimate of drug-likeness (QED) is 0.718. The third kappa shape index (κ3) is 4.71. The van der Waals surface area contributed by atoms with E-state index in [9.17, 15) is 9.59 Å². The molecule has 2 aromatic carbocycles. The van der Waals surface area contributed by atoms with Gasteiger partial charge in [-0.05, 0) is 43.7 Å². The Morgan fingerprint density at radius 1 is 1.21 bits per heavy atom. The predicted molar refractivity (Wildman–Crippen MR) is 111 cm³/mol. The van der Waals surface area contributed by atoms with Gasteiger partial charge in [-0.2, -0.15) is 0 Å². The molecule has 0 aromatic heterocycles. The smallest absolute Gasteiger partial charge is 0.338 e. The predicted octanol–water partition coefficient (Wildman–Crippen LogP) is 4.24. The summed E-state index contributed by atoms with van der Waals surface area (Å²) in [5.74, 6) is 0.136. The second-order valence-electron chi connectivity index (χ2n) is 6.68. The second kappa shape index (κ2) is 9.01. The summed E-state index contributed by atoms with van der Waals surface area (Å²) >= 11 is 6.13. The van der Waals surface area contributed by atoms with Crippen molar-refractivity contribution in [3.8, 4) is 5.75 Å². The molecule has 6 nitrogen and oxygen atoms in total. The van der Waals surface area contributed by atoms with Crippen molar-refractivity contribution in [2.75, 3.05) is 20.3 Å². The highest BCUT2D eigenvalue weighted by Crippen LogP contribution is 2.32. The number of urea groups is 1. The number of aryl methyl sites for hydroxylation is 1. The molecular formula is C22H23ClN2O4. The van der Waals surface area contributed by atoms with E-state index in [2.05, 4.69) is 5.32 Å². The fraction of sp³-hybridized carbons (Fsp3) is 0.273. The van der Waals surface area contributed by atoms with Gasteiger partial charge in [0.15, 0.2) is 0 Å². The average Bonchev–Trinajstić information content (AvgIpc) is 2.70. The number of hydrogen-bond acceptors (Lipinski definition) is 4. The molecule has 1 heterocycles. The molecule has 2 amide bonds. The van der Waals surface area contributed by atoms with Crippen LogP contribution < -0.4 is 10.1 Å². The van der Waals surface area contributed by atoms with E-state index in [1.165, 1.54) is 4.90 Å². The van der Waals surface area contributed by atoms with E-state index in [1.807, 2.05) is 31.2 Å². The fourth-order valence-corrected chi connectivity index (χ4v) is 3.30. The molecule has 0 bridgehead atoms. The van der Waals surface area contributed by atoms with E-state index >= 15 is 0 Å². The maximum atomic E-state index is 12.8. The zero-order valence-electron chi connectivity index (χ0n) is 16.6. The van der Waals surface area contributed by atoms with E-state index in [0.717, 1.165) is 5.56 Å². The molecule has 1 N–H and O–H groups in total. The number of likely N-dealkylation sites (N-methyl/N-ethyl adjacent to an activating group) is 1. The summed E-state index contributed by atoms with van der Waals surface area (Å²) < 4.78 is 11.2. The van der Waals surface area contributed by atoms with Crippen molar-refractivity contribution in [1.29, 1.82) is 0 Å². The van der Waals surface area contributed by atoms with Crippen molar-refractivity contribution in [3.63, 3.8) is 0 Å². The minimum absolute atomic E-state index is 0.0399. The lowest BCUT2D eigenvalue weighted by molar-refractivity contribution is -0.139. The summed E-state index contributed by atoms with van der Waals surface area (Å²) in [5.41, 5.74) is 2.56. The Balaban J connectivity index is 2.02. The number of benzene rings is 2. The van der Waals surface area contributed by atoms with E-state index in [4.69, 9.17) is 21.1 Å². The van der Waals surface area contributed by atoms with Crippen molar-refractivity contribution >= 4 is 23.6 Å². The molecule has 0 unspecified atom stereocenters. The molecule has 152 valence electrons. The Hall–Kier alpha value is -2.99. The van der Waals surface area contributed by atoms with Gasteiger partial charge < -0.3 is 14.8 Å². The number of nitrogens with zero attached hydrogens (tertiary/aromatic N) is 1. The summed E-state index contributed by atoms with van der Waals surface area (Å²) in [6.07, 6.45) is 0. The summed E-state index contributed by atoms with van der Waals surface area (Å²) in [5, 5.41) is 3.36. The Bertz CT molecular complexity index is 940. The van der Waals surface area contributed by atoms with Crippen LogP contribution >= 0.6 is 11.6 Å². The van der Waals surface area contributed by atoms with Gasteiger partial charge in [-0.25, -0.2) is 9.59 Å². The van der Waals surface area contributed by atoms with Gasteiger partial charge in [0.1, 0.15) is 12.4 Å². The Kier molecular flexibility index (Phi) is 6.44. The first-order valence-corrected chi connectivity index (χ1v) is 9.67. The van der Waals surface area contributed by atoms with Crippen molar-refractivity contribution in [2.45, 2.75) is 19.9 Å². The normalized spacial score (nSPS) is 16.5. The Morgan fingerprint density at radius 2 is 1.93 bits per heavy atom. The van der Waals surface area contributed by atoms with Crippen molar-refractivity contribution in [2.24, 2.45) is 0 Å². The summed E-state index contributed by atoms with van der Waals surface area (Å²) in [6, 6.07) is 13.6. The highest BCUT2D eigenvalue weighted by atomic mass is 35.5. The van der Waals surface area contributed by atoms with Crippen LogP contribution in [0.1, 0.15) is 24.1 Å². The van der Waals surface area contributed by atoms with E-state index in [0.29, 0.717) is 27.6 Å². The van der Waals surface area contributed by atoms with Gasteiger partial charge in [0.25, 0.3) is 0 Å². The number of esters is 1. The highest BCUT2D eigenvalue weighted by Gasteiger charge is 2.37. The minimum Gasteiger partial charge on any atom is -0.487 e. The number of amides is 2. The second-order valence-corrected chi connectivity index (χ2v) is 7.12. The first kappa shape index (κ1) is 20.7. The number of halogens is 1. The van der Waals surface area contributed by atoms with Gasteiger partial charge in [-0.1, -0.05) is 41.4 Å². The lowest BCUT2D eigenvalue weighted by Gasteiger charge is -2.34. The van der Waals surface area contributed by atoms with Crippen LogP contribution in [0, 0.1) is 6.92 Å². The van der Waals surface area contributed by atoms with Gasteiger partial charge in [0.2, 0.25) is 0 Å². The monoisotopic (exact) mass is 414 g/mol. The number of ether oxygens (including phenoxy) is 2. The summed E-state index contributed by atoms with van der Waals surface area (Å²) in [6.45, 7) is 3.98. The number of hydrogen-bond donors (Lipinski definition) is 1. The molecular weight excluding hydrogens is 392 g/mol. The van der Waals surface area contributed by atoms with Crippen LogP contribution in [0.5, 0.6) is 5.75 Å². The SMILES string of the molecule is CCOC(=O)C1=C(COc2ccc(C)cc2)N(C)C(=O)N[C@@H]1c1cccc(Cl)c1. The molecule has 1 aliphatic heterocycles. The van der Waals surface area contributed by atoms with Crippen LogP contribution in [0.15, 0.2) is 59.8 Å². The molecule has 0 spiro atoms. The van der Waals surface area contributed by atoms with Gasteiger partial charge >= 0.3 is 12.0 Å². The molecule has 0 fully saturated rings. The first-order valence-electron chi connectivity index (χ1n) is 9.30. The van der Waals surface area contributed by atoms with Crippen LogP contribution in [-0.2, 0) is 9.53 Å². The van der Waals surface area contributed by atoms with Gasteiger partial charge in [0.05, 0.1) is 23.9 Å². The van der Waals surface area contributed by atoms with Crippen molar-refractivity contribution in [1.82, 2.24) is 10.2 Å². The van der Waals surface area contributed by atoms with E-state index in [1.54, 1.807) is 38.2 Å².